The van der Waals surface area contributed by atoms with Gasteiger partial charge in [0.2, 0.25) is 0 Å². The van der Waals surface area contributed by atoms with Crippen LogP contribution in [-0.4, -0.2) is 45.7 Å². The van der Waals surface area contributed by atoms with E-state index in [1.54, 1.807) is 17.5 Å². The molecule has 1 aromatic carbocycles. The molecule has 0 unspecified atom stereocenters. The van der Waals surface area contributed by atoms with Gasteiger partial charge in [-0.25, -0.2) is 4.98 Å². The Kier molecular flexibility index (Phi) is 4.47. The van der Waals surface area contributed by atoms with Gasteiger partial charge in [0, 0.05) is 30.2 Å². The van der Waals surface area contributed by atoms with Crippen LogP contribution in [0.5, 0.6) is 0 Å². The third-order valence-corrected chi connectivity index (χ3v) is 5.00. The molecule has 0 radical (unpaired) electrons. The molecule has 0 bridgehead atoms. The van der Waals surface area contributed by atoms with Crippen LogP contribution < -0.4 is 5.32 Å². The Balaban J connectivity index is 1.36. The molecule has 4 rings (SSSR count). The van der Waals surface area contributed by atoms with E-state index in [1.807, 2.05) is 30.3 Å². The lowest BCUT2D eigenvalue weighted by Crippen LogP contribution is -2.38. The van der Waals surface area contributed by atoms with Gasteiger partial charge in [0.1, 0.15) is 16.4 Å². The van der Waals surface area contributed by atoms with Crippen molar-refractivity contribution in [2.24, 2.45) is 0 Å². The number of fused-ring (bicyclic) bond motifs is 1. The number of thiazole rings is 1. The molecule has 1 aliphatic rings. The second-order valence-corrected chi connectivity index (χ2v) is 6.68. The Bertz CT molecular complexity index is 997. The van der Waals surface area contributed by atoms with Crippen molar-refractivity contribution in [2.75, 3.05) is 13.1 Å². The van der Waals surface area contributed by atoms with Crippen molar-refractivity contribution in [1.82, 2.24) is 20.2 Å². The lowest BCUT2D eigenvalue weighted by atomic mass is 10.2. The first-order valence-electron chi connectivity index (χ1n) is 8.25. The normalized spacial score (nSPS) is 13.0. The quantitative estimate of drug-likeness (QED) is 0.688. The number of aromatic nitrogens is 2. The lowest BCUT2D eigenvalue weighted by Gasteiger charge is -2.13. The Morgan fingerprint density at radius 2 is 1.89 bits per heavy atom. The first kappa shape index (κ1) is 17.0. The molecule has 0 atom stereocenters. The zero-order valence-corrected chi connectivity index (χ0v) is 14.9. The number of nitrogens with zero attached hydrogens (tertiary/aromatic N) is 3. The van der Waals surface area contributed by atoms with E-state index in [4.69, 9.17) is 0 Å². The molecular weight excluding hydrogens is 364 g/mol. The highest BCUT2D eigenvalue weighted by molar-refractivity contribution is 7.13. The molecule has 3 aromatic rings. The SMILES string of the molecule is O=C(NCCN1C(=O)c2cccnc2C1=O)c1csc(-c2ccccc2)n1. The van der Waals surface area contributed by atoms with Gasteiger partial charge in [-0.15, -0.1) is 11.3 Å². The van der Waals surface area contributed by atoms with Gasteiger partial charge < -0.3 is 5.32 Å². The van der Waals surface area contributed by atoms with Crippen molar-refractivity contribution in [3.63, 3.8) is 0 Å². The van der Waals surface area contributed by atoms with Gasteiger partial charge >= 0.3 is 0 Å². The Labute approximate surface area is 158 Å². The van der Waals surface area contributed by atoms with E-state index in [1.165, 1.54) is 17.5 Å². The van der Waals surface area contributed by atoms with Crippen molar-refractivity contribution in [3.05, 3.63) is 71.0 Å². The van der Waals surface area contributed by atoms with Crippen molar-refractivity contribution in [2.45, 2.75) is 0 Å². The first-order chi connectivity index (χ1) is 13.1. The molecule has 0 saturated heterocycles. The average molecular weight is 378 g/mol. The van der Waals surface area contributed by atoms with Gasteiger partial charge in [-0.05, 0) is 12.1 Å². The van der Waals surface area contributed by atoms with Gasteiger partial charge in [0.25, 0.3) is 17.7 Å². The number of benzene rings is 1. The molecule has 134 valence electrons. The van der Waals surface area contributed by atoms with E-state index in [9.17, 15) is 14.4 Å². The molecule has 1 N–H and O–H groups in total. The predicted molar refractivity (Wildman–Crippen MR) is 99.5 cm³/mol. The summed E-state index contributed by atoms with van der Waals surface area (Å²) >= 11 is 1.38. The van der Waals surface area contributed by atoms with Crippen molar-refractivity contribution < 1.29 is 14.4 Å². The first-order valence-corrected chi connectivity index (χ1v) is 9.13. The van der Waals surface area contributed by atoms with E-state index in [-0.39, 0.29) is 24.7 Å². The van der Waals surface area contributed by atoms with E-state index in [0.29, 0.717) is 11.3 Å². The predicted octanol–water partition coefficient (Wildman–Crippen LogP) is 2.23. The third kappa shape index (κ3) is 3.22. The summed E-state index contributed by atoms with van der Waals surface area (Å²) in [5.74, 6) is -1.18. The van der Waals surface area contributed by atoms with Crippen LogP contribution in [-0.2, 0) is 0 Å². The highest BCUT2D eigenvalue weighted by Gasteiger charge is 2.36. The number of amides is 3. The minimum absolute atomic E-state index is 0.0788. The molecule has 8 heteroatoms. The molecule has 0 fully saturated rings. The number of pyridine rings is 1. The van der Waals surface area contributed by atoms with Crippen LogP contribution in [0.4, 0.5) is 0 Å². The fraction of sp³-hybridized carbons (Fsp3) is 0.105. The second kappa shape index (κ2) is 7.08. The summed E-state index contributed by atoms with van der Waals surface area (Å²) in [6.45, 7) is 0.220. The highest BCUT2D eigenvalue weighted by Crippen LogP contribution is 2.23. The minimum Gasteiger partial charge on any atom is -0.349 e. The van der Waals surface area contributed by atoms with Crippen molar-refractivity contribution in [1.29, 1.82) is 0 Å². The van der Waals surface area contributed by atoms with E-state index in [0.717, 1.165) is 15.5 Å². The lowest BCUT2D eigenvalue weighted by molar-refractivity contribution is 0.0648. The number of imide groups is 1. The fourth-order valence-electron chi connectivity index (χ4n) is 2.78. The monoisotopic (exact) mass is 378 g/mol. The molecule has 2 aromatic heterocycles. The van der Waals surface area contributed by atoms with Crippen LogP contribution in [0.2, 0.25) is 0 Å². The van der Waals surface area contributed by atoms with Crippen LogP contribution in [0.15, 0.2) is 54.0 Å². The molecule has 0 saturated carbocycles. The molecule has 3 amide bonds. The van der Waals surface area contributed by atoms with Crippen molar-refractivity contribution in [3.8, 4) is 10.6 Å². The zero-order valence-electron chi connectivity index (χ0n) is 14.1. The van der Waals surface area contributed by atoms with Gasteiger partial charge in [-0.1, -0.05) is 30.3 Å². The molecule has 3 heterocycles. The number of rotatable bonds is 5. The maximum Gasteiger partial charge on any atom is 0.280 e. The number of carbonyl (C=O) groups is 3. The summed E-state index contributed by atoms with van der Waals surface area (Å²) < 4.78 is 0. The molecular formula is C19H14N4O3S. The Morgan fingerprint density at radius 1 is 1.07 bits per heavy atom. The maximum atomic E-state index is 12.3. The summed E-state index contributed by atoms with van der Waals surface area (Å²) in [6.07, 6.45) is 1.47. The van der Waals surface area contributed by atoms with E-state index in [2.05, 4.69) is 15.3 Å². The van der Waals surface area contributed by atoms with E-state index >= 15 is 0 Å². The maximum absolute atomic E-state index is 12.3. The average Bonchev–Trinajstić information content (AvgIpc) is 3.29. The molecule has 27 heavy (non-hydrogen) atoms. The smallest absolute Gasteiger partial charge is 0.280 e. The summed E-state index contributed by atoms with van der Waals surface area (Å²) in [6, 6.07) is 12.8. The fourth-order valence-corrected chi connectivity index (χ4v) is 3.59. The van der Waals surface area contributed by atoms with Gasteiger partial charge in [-0.2, -0.15) is 0 Å². The highest BCUT2D eigenvalue weighted by atomic mass is 32.1. The number of nitrogens with one attached hydrogen (secondary N) is 1. The molecule has 0 aliphatic carbocycles. The minimum atomic E-state index is -0.440. The zero-order chi connectivity index (χ0) is 18.8. The van der Waals surface area contributed by atoms with Gasteiger partial charge in [0.05, 0.1) is 5.56 Å². The summed E-state index contributed by atoms with van der Waals surface area (Å²) in [5.41, 5.74) is 1.70. The third-order valence-electron chi connectivity index (χ3n) is 4.11. The molecule has 1 aliphatic heterocycles. The van der Waals surface area contributed by atoms with Crippen LogP contribution in [0.25, 0.3) is 10.6 Å². The van der Waals surface area contributed by atoms with Crippen LogP contribution in [0.3, 0.4) is 0 Å². The largest absolute Gasteiger partial charge is 0.349 e. The summed E-state index contributed by atoms with van der Waals surface area (Å²) in [4.78, 5) is 46.2. The number of hydrogen-bond acceptors (Lipinski definition) is 6. The number of carbonyl (C=O) groups excluding carboxylic acids is 3. The van der Waals surface area contributed by atoms with Crippen LogP contribution in [0, 0.1) is 0 Å². The van der Waals surface area contributed by atoms with Gasteiger partial charge in [0.15, 0.2) is 0 Å². The van der Waals surface area contributed by atoms with Crippen molar-refractivity contribution >= 4 is 29.1 Å². The Morgan fingerprint density at radius 3 is 2.67 bits per heavy atom. The number of hydrogen-bond donors (Lipinski definition) is 1. The topological polar surface area (TPSA) is 92.3 Å². The summed E-state index contributed by atoms with van der Waals surface area (Å²) in [5, 5.41) is 5.14. The van der Waals surface area contributed by atoms with Gasteiger partial charge in [-0.3, -0.25) is 24.3 Å². The summed E-state index contributed by atoms with van der Waals surface area (Å²) in [7, 11) is 0. The molecule has 7 nitrogen and oxygen atoms in total. The molecule has 0 spiro atoms. The van der Waals surface area contributed by atoms with Crippen LogP contribution >= 0.6 is 11.3 Å². The van der Waals surface area contributed by atoms with Crippen LogP contribution in [0.1, 0.15) is 31.3 Å². The van der Waals surface area contributed by atoms with E-state index < -0.39 is 11.8 Å². The Hall–Kier alpha value is -3.39. The standard InChI is InChI=1S/C19H14N4O3S/c24-16(14-11-27-17(22-14)12-5-2-1-3-6-12)21-9-10-23-18(25)13-7-4-8-20-15(13)19(23)26/h1-8,11H,9-10H2,(H,21,24). The second-order valence-electron chi connectivity index (χ2n) is 5.82.